The first-order chi connectivity index (χ1) is 13.5. The highest BCUT2D eigenvalue weighted by Crippen LogP contribution is 2.71. The van der Waals surface area contributed by atoms with Crippen LogP contribution in [0.1, 0.15) is 50.7 Å². The summed E-state index contributed by atoms with van der Waals surface area (Å²) in [4.78, 5) is 11.7. The Bertz CT molecular complexity index is 773. The van der Waals surface area contributed by atoms with Crippen molar-refractivity contribution in [3.63, 3.8) is 0 Å². The zero-order valence-corrected chi connectivity index (χ0v) is 16.4. The molecule has 0 radical (unpaired) electrons. The van der Waals surface area contributed by atoms with Crippen molar-refractivity contribution in [1.82, 2.24) is 0 Å². The minimum Gasteiger partial charge on any atom is -0.497 e. The summed E-state index contributed by atoms with van der Waals surface area (Å²) in [5.41, 5.74) is 0.292. The van der Waals surface area contributed by atoms with Crippen LogP contribution >= 0.6 is 0 Å². The SMILES string of the molecule is COc1cc(OC)cc([C@H]2OC3[C@H](OC(C)=O)O[C@H]4C[C@@]25CCCC[C@@]35O4)c1. The van der Waals surface area contributed by atoms with Gasteiger partial charge in [-0.2, -0.15) is 0 Å². The Kier molecular flexibility index (Phi) is 4.12. The van der Waals surface area contributed by atoms with Crippen molar-refractivity contribution >= 4 is 5.97 Å². The number of carbonyl (C=O) groups is 1. The first-order valence-corrected chi connectivity index (χ1v) is 9.90. The van der Waals surface area contributed by atoms with Crippen LogP contribution in [0.3, 0.4) is 0 Å². The Morgan fingerprint density at radius 3 is 2.46 bits per heavy atom. The highest BCUT2D eigenvalue weighted by molar-refractivity contribution is 5.66. The van der Waals surface area contributed by atoms with Crippen LogP contribution < -0.4 is 9.47 Å². The molecular weight excluding hydrogens is 364 g/mol. The molecule has 3 aliphatic heterocycles. The summed E-state index contributed by atoms with van der Waals surface area (Å²) in [6.45, 7) is 1.39. The van der Waals surface area contributed by atoms with E-state index in [4.69, 9.17) is 28.4 Å². The van der Waals surface area contributed by atoms with Crippen molar-refractivity contribution in [2.45, 2.75) is 69.4 Å². The van der Waals surface area contributed by atoms with Gasteiger partial charge in [0.25, 0.3) is 0 Å². The van der Waals surface area contributed by atoms with E-state index in [0.29, 0.717) is 0 Å². The highest BCUT2D eigenvalue weighted by Gasteiger charge is 2.77. The lowest BCUT2D eigenvalue weighted by Crippen LogP contribution is -2.58. The smallest absolute Gasteiger partial charge is 0.305 e. The van der Waals surface area contributed by atoms with E-state index in [1.54, 1.807) is 14.2 Å². The number of fused-ring (bicyclic) bond motifs is 1. The zero-order chi connectivity index (χ0) is 19.5. The fourth-order valence-electron chi connectivity index (χ4n) is 5.87. The molecule has 1 aliphatic carbocycles. The topological polar surface area (TPSA) is 72.5 Å². The average molecular weight is 390 g/mol. The number of esters is 1. The van der Waals surface area contributed by atoms with Gasteiger partial charge < -0.3 is 28.4 Å². The summed E-state index contributed by atoms with van der Waals surface area (Å²) >= 11 is 0. The maximum absolute atomic E-state index is 11.7. The summed E-state index contributed by atoms with van der Waals surface area (Å²) in [5, 5.41) is 0. The largest absolute Gasteiger partial charge is 0.497 e. The number of benzene rings is 1. The average Bonchev–Trinajstić information content (AvgIpc) is 3.13. The molecule has 152 valence electrons. The van der Waals surface area contributed by atoms with Crippen molar-refractivity contribution in [1.29, 1.82) is 0 Å². The maximum atomic E-state index is 11.7. The monoisotopic (exact) mass is 390 g/mol. The molecule has 7 heteroatoms. The number of rotatable bonds is 4. The van der Waals surface area contributed by atoms with Crippen molar-refractivity contribution < 1.29 is 33.2 Å². The molecule has 7 nitrogen and oxygen atoms in total. The van der Waals surface area contributed by atoms with E-state index in [0.717, 1.165) is 49.2 Å². The standard InChI is InChI=1S/C21H26O7/c1-12(22)25-19-18-21-7-5-4-6-20(21,11-16(26-19)28-21)17(27-18)13-8-14(23-2)10-15(9-13)24-3/h8-10,16-19H,4-7,11H2,1-3H3/t16-,17-,18?,19-,20+,21-/m1/s1. The number of methoxy groups -OCH3 is 2. The molecule has 3 heterocycles. The Morgan fingerprint density at radius 1 is 1.07 bits per heavy atom. The van der Waals surface area contributed by atoms with E-state index in [1.807, 2.05) is 18.2 Å². The van der Waals surface area contributed by atoms with E-state index in [2.05, 4.69) is 0 Å². The molecule has 1 aromatic carbocycles. The van der Waals surface area contributed by atoms with Crippen LogP contribution in [0.5, 0.6) is 11.5 Å². The van der Waals surface area contributed by atoms with E-state index < -0.39 is 18.0 Å². The second-order valence-corrected chi connectivity index (χ2v) is 8.20. The zero-order valence-electron chi connectivity index (χ0n) is 16.4. The van der Waals surface area contributed by atoms with Crippen LogP contribution in [-0.2, 0) is 23.7 Å². The molecule has 1 spiro atoms. The highest BCUT2D eigenvalue weighted by atomic mass is 16.8. The van der Waals surface area contributed by atoms with Gasteiger partial charge in [0.2, 0.25) is 6.29 Å². The molecule has 28 heavy (non-hydrogen) atoms. The fraction of sp³-hybridized carbons (Fsp3) is 0.667. The molecule has 0 N–H and O–H groups in total. The van der Waals surface area contributed by atoms with Gasteiger partial charge in [-0.3, -0.25) is 4.79 Å². The number of ether oxygens (including phenoxy) is 6. The van der Waals surface area contributed by atoms with Gasteiger partial charge in [-0.1, -0.05) is 12.8 Å². The number of hydrogen-bond donors (Lipinski definition) is 0. The van der Waals surface area contributed by atoms with Gasteiger partial charge in [0, 0.05) is 24.8 Å². The van der Waals surface area contributed by atoms with E-state index in [9.17, 15) is 4.79 Å². The first-order valence-electron chi connectivity index (χ1n) is 9.90. The third kappa shape index (κ3) is 2.36. The molecular formula is C21H26O7. The van der Waals surface area contributed by atoms with Crippen LogP contribution in [-0.4, -0.2) is 44.5 Å². The minimum absolute atomic E-state index is 0.200. The molecule has 0 amide bonds. The summed E-state index contributed by atoms with van der Waals surface area (Å²) in [7, 11) is 3.28. The lowest BCUT2D eigenvalue weighted by molar-refractivity contribution is -0.341. The predicted octanol–water partition coefficient (Wildman–Crippen LogP) is 3.11. The third-order valence-electron chi connectivity index (χ3n) is 6.87. The van der Waals surface area contributed by atoms with E-state index in [-0.39, 0.29) is 23.8 Å². The van der Waals surface area contributed by atoms with Crippen molar-refractivity contribution in [2.75, 3.05) is 14.2 Å². The van der Waals surface area contributed by atoms with Gasteiger partial charge in [0.15, 0.2) is 12.4 Å². The normalized spacial score (nSPS) is 40.7. The van der Waals surface area contributed by atoms with Gasteiger partial charge in [-0.05, 0) is 30.5 Å². The second kappa shape index (κ2) is 6.34. The molecule has 4 fully saturated rings. The summed E-state index contributed by atoms with van der Waals surface area (Å²) in [6.07, 6.45) is 3.01. The molecule has 6 atom stereocenters. The molecule has 4 aliphatic rings. The van der Waals surface area contributed by atoms with Crippen LogP contribution in [0.15, 0.2) is 18.2 Å². The quantitative estimate of drug-likeness (QED) is 0.732. The lowest BCUT2D eigenvalue weighted by Gasteiger charge is -2.47. The van der Waals surface area contributed by atoms with Crippen molar-refractivity contribution in [3.8, 4) is 11.5 Å². The van der Waals surface area contributed by atoms with Gasteiger partial charge >= 0.3 is 5.97 Å². The van der Waals surface area contributed by atoms with Gasteiger partial charge in [-0.25, -0.2) is 0 Å². The Balaban J connectivity index is 1.61. The van der Waals surface area contributed by atoms with Gasteiger partial charge in [0.1, 0.15) is 17.1 Å². The first kappa shape index (κ1) is 18.2. The second-order valence-electron chi connectivity index (χ2n) is 8.20. The van der Waals surface area contributed by atoms with Crippen LogP contribution in [0.2, 0.25) is 0 Å². The number of hydrogen-bond acceptors (Lipinski definition) is 7. The lowest BCUT2D eigenvalue weighted by atomic mass is 9.59. The van der Waals surface area contributed by atoms with Crippen LogP contribution in [0.4, 0.5) is 0 Å². The maximum Gasteiger partial charge on any atom is 0.305 e. The Morgan fingerprint density at radius 2 is 1.79 bits per heavy atom. The van der Waals surface area contributed by atoms with E-state index >= 15 is 0 Å². The van der Waals surface area contributed by atoms with Gasteiger partial charge in [0.05, 0.1) is 20.3 Å². The Hall–Kier alpha value is -1.83. The summed E-state index contributed by atoms with van der Waals surface area (Å²) in [5.74, 6) is 1.07. The van der Waals surface area contributed by atoms with Gasteiger partial charge in [-0.15, -0.1) is 0 Å². The minimum atomic E-state index is -0.742. The predicted molar refractivity (Wildman–Crippen MR) is 96.9 cm³/mol. The molecule has 5 rings (SSSR count). The molecule has 2 bridgehead atoms. The molecule has 1 saturated carbocycles. The van der Waals surface area contributed by atoms with Crippen molar-refractivity contribution in [3.05, 3.63) is 23.8 Å². The van der Waals surface area contributed by atoms with Crippen LogP contribution in [0.25, 0.3) is 0 Å². The van der Waals surface area contributed by atoms with E-state index in [1.165, 1.54) is 6.92 Å². The molecule has 1 unspecified atom stereocenters. The summed E-state index contributed by atoms with van der Waals surface area (Å²) < 4.78 is 35.4. The third-order valence-corrected chi connectivity index (χ3v) is 6.87. The fourth-order valence-corrected chi connectivity index (χ4v) is 5.87. The van der Waals surface area contributed by atoms with Crippen molar-refractivity contribution in [2.24, 2.45) is 5.41 Å². The summed E-state index contributed by atoms with van der Waals surface area (Å²) in [6, 6.07) is 5.85. The molecule has 0 aromatic heterocycles. The molecule has 1 aromatic rings. The molecule has 3 saturated heterocycles. The van der Waals surface area contributed by atoms with Crippen LogP contribution in [0, 0.1) is 5.41 Å². The Labute approximate surface area is 164 Å². The number of carbonyl (C=O) groups excluding carboxylic acids is 1.